The molecule has 1 unspecified atom stereocenters. The van der Waals surface area contributed by atoms with Crippen molar-refractivity contribution in [3.05, 3.63) is 33.8 Å². The first kappa shape index (κ1) is 14.2. The molecule has 0 aliphatic rings. The zero-order chi connectivity index (χ0) is 12.8. The number of aliphatic imine (C=N–C) groups is 1. The molecular formula is C11H11Cl2N3S. The first-order valence-corrected chi connectivity index (χ1v) is 6.78. The third-order valence-electron chi connectivity index (χ3n) is 2.08. The highest BCUT2D eigenvalue weighted by atomic mass is 35.5. The molecule has 0 amide bonds. The van der Waals surface area contributed by atoms with E-state index in [0.29, 0.717) is 15.2 Å². The van der Waals surface area contributed by atoms with Crippen LogP contribution in [0.15, 0.2) is 23.2 Å². The minimum Gasteiger partial charge on any atom is -0.272 e. The summed E-state index contributed by atoms with van der Waals surface area (Å²) in [5, 5.41) is 12.8. The van der Waals surface area contributed by atoms with E-state index < -0.39 is 0 Å². The van der Waals surface area contributed by atoms with Gasteiger partial charge in [0.05, 0.1) is 6.04 Å². The topological polar surface area (TPSA) is 48.2 Å². The fourth-order valence-electron chi connectivity index (χ4n) is 1.27. The number of amidine groups is 1. The maximum Gasteiger partial charge on any atom is 0.183 e. The van der Waals surface area contributed by atoms with Crippen LogP contribution in [-0.4, -0.2) is 11.4 Å². The normalized spacial score (nSPS) is 13.0. The lowest BCUT2D eigenvalue weighted by Crippen LogP contribution is -2.14. The third-order valence-corrected chi connectivity index (χ3v) is 3.24. The van der Waals surface area contributed by atoms with Gasteiger partial charge in [-0.15, -0.1) is 0 Å². The van der Waals surface area contributed by atoms with Crippen LogP contribution in [0.25, 0.3) is 0 Å². The van der Waals surface area contributed by atoms with E-state index >= 15 is 0 Å². The number of thioether (sulfide) groups is 1. The number of benzene rings is 1. The summed E-state index contributed by atoms with van der Waals surface area (Å²) in [5.74, 6) is 0. The number of hydrogen-bond donors (Lipinski definition) is 1. The molecule has 3 nitrogen and oxygen atoms in total. The van der Waals surface area contributed by atoms with Crippen molar-refractivity contribution in [3.63, 3.8) is 0 Å². The summed E-state index contributed by atoms with van der Waals surface area (Å²) in [4.78, 5) is 4.36. The molecule has 0 bridgehead atoms. The van der Waals surface area contributed by atoms with E-state index in [1.165, 1.54) is 11.8 Å². The fourth-order valence-corrected chi connectivity index (χ4v) is 2.25. The molecule has 0 aliphatic carbocycles. The van der Waals surface area contributed by atoms with Gasteiger partial charge in [-0.1, -0.05) is 41.0 Å². The van der Waals surface area contributed by atoms with Crippen molar-refractivity contribution in [2.24, 2.45) is 4.99 Å². The van der Waals surface area contributed by atoms with Gasteiger partial charge >= 0.3 is 0 Å². The van der Waals surface area contributed by atoms with Crippen LogP contribution in [0.2, 0.25) is 10.0 Å². The summed E-state index contributed by atoms with van der Waals surface area (Å²) in [6, 6.07) is 5.15. The number of nitriles is 1. The van der Waals surface area contributed by atoms with Crippen molar-refractivity contribution in [3.8, 4) is 6.19 Å². The van der Waals surface area contributed by atoms with E-state index in [9.17, 15) is 0 Å². The van der Waals surface area contributed by atoms with Gasteiger partial charge in [-0.2, -0.15) is 5.26 Å². The van der Waals surface area contributed by atoms with Crippen LogP contribution in [0.1, 0.15) is 18.5 Å². The molecule has 0 aliphatic heterocycles. The highest BCUT2D eigenvalue weighted by molar-refractivity contribution is 8.13. The van der Waals surface area contributed by atoms with Gasteiger partial charge in [-0.05, 0) is 30.9 Å². The van der Waals surface area contributed by atoms with Crippen molar-refractivity contribution >= 4 is 40.1 Å². The van der Waals surface area contributed by atoms with Crippen molar-refractivity contribution < 1.29 is 0 Å². The van der Waals surface area contributed by atoms with Crippen molar-refractivity contribution in [2.45, 2.75) is 13.0 Å². The quantitative estimate of drug-likeness (QED) is 0.389. The summed E-state index contributed by atoms with van der Waals surface area (Å²) >= 11 is 13.3. The van der Waals surface area contributed by atoms with E-state index in [-0.39, 0.29) is 6.04 Å². The summed E-state index contributed by atoms with van der Waals surface area (Å²) in [5.41, 5.74) is 0.877. The van der Waals surface area contributed by atoms with Crippen molar-refractivity contribution in [2.75, 3.05) is 6.26 Å². The van der Waals surface area contributed by atoms with Crippen LogP contribution in [-0.2, 0) is 0 Å². The van der Waals surface area contributed by atoms with E-state index in [0.717, 1.165) is 5.56 Å². The Hall–Kier alpha value is -0.890. The zero-order valence-corrected chi connectivity index (χ0v) is 11.7. The van der Waals surface area contributed by atoms with Crippen LogP contribution < -0.4 is 5.32 Å². The Balaban J connectivity index is 2.96. The Kier molecular flexibility index (Phi) is 5.63. The number of nitrogens with one attached hydrogen (secondary N) is 1. The van der Waals surface area contributed by atoms with Crippen LogP contribution in [0.4, 0.5) is 0 Å². The first-order chi connectivity index (χ1) is 8.08. The molecule has 0 fully saturated rings. The molecule has 0 saturated carbocycles. The number of rotatable bonds is 2. The van der Waals surface area contributed by atoms with E-state index in [2.05, 4.69) is 10.3 Å². The summed E-state index contributed by atoms with van der Waals surface area (Å²) < 4.78 is 0. The van der Waals surface area contributed by atoms with Gasteiger partial charge in [-0.25, -0.2) is 0 Å². The van der Waals surface area contributed by atoms with E-state index in [4.69, 9.17) is 28.5 Å². The molecule has 1 aromatic carbocycles. The highest BCUT2D eigenvalue weighted by Crippen LogP contribution is 2.28. The SMILES string of the molecule is CSC(=NC(C)c1ccc(Cl)cc1Cl)NC#N. The highest BCUT2D eigenvalue weighted by Gasteiger charge is 2.10. The standard InChI is InChI=1S/C11H11Cl2N3S/c1-7(16-11(17-2)15-6-14)9-4-3-8(12)5-10(9)13/h3-5,7H,1-2H3,(H,15,16). The molecule has 17 heavy (non-hydrogen) atoms. The lowest BCUT2D eigenvalue weighted by atomic mass is 10.1. The molecule has 0 spiro atoms. The Morgan fingerprint density at radius 2 is 2.24 bits per heavy atom. The first-order valence-electron chi connectivity index (χ1n) is 4.80. The summed E-state index contributed by atoms with van der Waals surface area (Å²) in [6.45, 7) is 1.91. The van der Waals surface area contributed by atoms with Crippen LogP contribution in [0, 0.1) is 11.5 Å². The molecule has 0 heterocycles. The van der Waals surface area contributed by atoms with Gasteiger partial charge in [-0.3, -0.25) is 10.3 Å². The molecule has 1 atom stereocenters. The van der Waals surface area contributed by atoms with Gasteiger partial charge in [0, 0.05) is 10.0 Å². The molecule has 0 radical (unpaired) electrons. The lowest BCUT2D eigenvalue weighted by molar-refractivity contribution is 0.819. The van der Waals surface area contributed by atoms with Gasteiger partial charge < -0.3 is 0 Å². The van der Waals surface area contributed by atoms with Crippen LogP contribution >= 0.6 is 35.0 Å². The molecule has 1 N–H and O–H groups in total. The Labute approximate surface area is 115 Å². The Morgan fingerprint density at radius 1 is 1.53 bits per heavy atom. The predicted molar refractivity (Wildman–Crippen MR) is 74.6 cm³/mol. The maximum absolute atomic E-state index is 8.54. The van der Waals surface area contributed by atoms with Crippen molar-refractivity contribution in [1.29, 1.82) is 5.26 Å². The molecule has 1 rings (SSSR count). The van der Waals surface area contributed by atoms with Gasteiger partial charge in [0.15, 0.2) is 11.4 Å². The number of halogens is 2. The smallest absolute Gasteiger partial charge is 0.183 e. The third kappa shape index (κ3) is 4.12. The average Bonchev–Trinajstić information content (AvgIpc) is 2.28. The number of nitrogens with zero attached hydrogens (tertiary/aromatic N) is 2. The number of hydrogen-bond acceptors (Lipinski definition) is 3. The molecule has 90 valence electrons. The van der Waals surface area contributed by atoms with Crippen LogP contribution in [0.3, 0.4) is 0 Å². The molecular weight excluding hydrogens is 277 g/mol. The van der Waals surface area contributed by atoms with E-state index in [1.54, 1.807) is 12.1 Å². The lowest BCUT2D eigenvalue weighted by Gasteiger charge is -2.11. The molecule has 0 aromatic heterocycles. The Morgan fingerprint density at radius 3 is 2.76 bits per heavy atom. The van der Waals surface area contributed by atoms with Crippen LogP contribution in [0.5, 0.6) is 0 Å². The summed E-state index contributed by atoms with van der Waals surface area (Å²) in [6.07, 6.45) is 3.69. The van der Waals surface area contributed by atoms with Gasteiger partial charge in [0.2, 0.25) is 0 Å². The predicted octanol–water partition coefficient (Wildman–Crippen LogP) is 3.84. The second kappa shape index (κ2) is 6.75. The Bertz CT molecular complexity index is 468. The van der Waals surface area contributed by atoms with Gasteiger partial charge in [0.1, 0.15) is 0 Å². The molecule has 6 heteroatoms. The molecule has 0 saturated heterocycles. The second-order valence-corrected chi connectivity index (χ2v) is 4.86. The largest absolute Gasteiger partial charge is 0.272 e. The van der Waals surface area contributed by atoms with Crippen molar-refractivity contribution in [1.82, 2.24) is 5.32 Å². The summed E-state index contributed by atoms with van der Waals surface area (Å²) in [7, 11) is 0. The zero-order valence-electron chi connectivity index (χ0n) is 9.37. The van der Waals surface area contributed by atoms with Gasteiger partial charge in [0.25, 0.3) is 0 Å². The maximum atomic E-state index is 8.54. The average molecular weight is 288 g/mol. The fraction of sp³-hybridized carbons (Fsp3) is 0.273. The second-order valence-electron chi connectivity index (χ2n) is 3.22. The van der Waals surface area contributed by atoms with E-state index in [1.807, 2.05) is 25.4 Å². The minimum atomic E-state index is -0.136. The minimum absolute atomic E-state index is 0.136. The monoisotopic (exact) mass is 287 g/mol. The molecule has 1 aromatic rings.